The van der Waals surface area contributed by atoms with Crippen LogP contribution < -0.4 is 0 Å². The molecule has 0 saturated heterocycles. The SMILES string of the molecule is COP(=O)(OC)C(C[N+](=O)[O-])=C(Cl)Cl. The topological polar surface area (TPSA) is 78.7 Å². The van der Waals surface area contributed by atoms with Crippen molar-refractivity contribution in [2.75, 3.05) is 20.8 Å². The van der Waals surface area contributed by atoms with Crippen molar-refractivity contribution in [3.05, 3.63) is 19.9 Å². The van der Waals surface area contributed by atoms with Gasteiger partial charge in [-0.05, 0) is 0 Å². The summed E-state index contributed by atoms with van der Waals surface area (Å²) in [6.45, 7) is -0.790. The molecule has 0 aliphatic rings. The molecular weight excluding hydrogens is 256 g/mol. The van der Waals surface area contributed by atoms with E-state index in [-0.39, 0.29) is 5.31 Å². The van der Waals surface area contributed by atoms with Gasteiger partial charge >= 0.3 is 7.60 Å². The quantitative estimate of drug-likeness (QED) is 0.432. The summed E-state index contributed by atoms with van der Waals surface area (Å²) in [5.41, 5.74) is 0. The maximum Gasteiger partial charge on any atom is 0.365 e. The molecule has 0 spiro atoms. The Kier molecular flexibility index (Phi) is 5.63. The van der Waals surface area contributed by atoms with Crippen LogP contribution in [-0.2, 0) is 13.6 Å². The van der Waals surface area contributed by atoms with Crippen molar-refractivity contribution in [1.29, 1.82) is 0 Å². The molecule has 82 valence electrons. The van der Waals surface area contributed by atoms with Gasteiger partial charge in [0, 0.05) is 19.1 Å². The molecule has 0 aliphatic carbocycles. The largest absolute Gasteiger partial charge is 0.365 e. The lowest BCUT2D eigenvalue weighted by atomic mass is 10.6. The van der Waals surface area contributed by atoms with Crippen LogP contribution in [0.1, 0.15) is 0 Å². The highest BCUT2D eigenvalue weighted by atomic mass is 35.5. The van der Waals surface area contributed by atoms with Crippen LogP contribution in [0.3, 0.4) is 0 Å². The lowest BCUT2D eigenvalue weighted by Crippen LogP contribution is -2.07. The summed E-state index contributed by atoms with van der Waals surface area (Å²) in [5.74, 6) is 0. The van der Waals surface area contributed by atoms with Gasteiger partial charge in [0.15, 0.2) is 0 Å². The maximum absolute atomic E-state index is 11.7. The average molecular weight is 264 g/mol. The second-order valence-electron chi connectivity index (χ2n) is 2.06. The molecule has 0 aromatic rings. The van der Waals surface area contributed by atoms with Crippen LogP contribution in [0.15, 0.2) is 9.81 Å². The van der Waals surface area contributed by atoms with Gasteiger partial charge < -0.3 is 9.05 Å². The van der Waals surface area contributed by atoms with Crippen molar-refractivity contribution in [1.82, 2.24) is 0 Å². The van der Waals surface area contributed by atoms with Crippen LogP contribution in [0.25, 0.3) is 0 Å². The average Bonchev–Trinajstić information content (AvgIpc) is 2.12. The van der Waals surface area contributed by atoms with Gasteiger partial charge in [0.2, 0.25) is 6.54 Å². The van der Waals surface area contributed by atoms with Gasteiger partial charge in [-0.3, -0.25) is 14.7 Å². The molecule has 0 atom stereocenters. The van der Waals surface area contributed by atoms with Crippen LogP contribution >= 0.6 is 30.8 Å². The molecule has 14 heavy (non-hydrogen) atoms. The Morgan fingerprint density at radius 3 is 2.07 bits per heavy atom. The molecule has 0 saturated carbocycles. The number of rotatable bonds is 5. The van der Waals surface area contributed by atoms with E-state index in [1.165, 1.54) is 0 Å². The first-order valence-electron chi connectivity index (χ1n) is 3.25. The van der Waals surface area contributed by atoms with Gasteiger partial charge in [0.25, 0.3) is 0 Å². The van der Waals surface area contributed by atoms with E-state index in [4.69, 9.17) is 23.2 Å². The van der Waals surface area contributed by atoms with Gasteiger partial charge in [-0.2, -0.15) is 0 Å². The van der Waals surface area contributed by atoms with Crippen LogP contribution in [0.4, 0.5) is 0 Å². The molecule has 0 aromatic carbocycles. The summed E-state index contributed by atoms with van der Waals surface area (Å²) in [6.07, 6.45) is 0. The minimum atomic E-state index is -3.73. The zero-order valence-electron chi connectivity index (χ0n) is 7.40. The third kappa shape index (κ3) is 3.55. The minimum Gasteiger partial charge on any atom is -0.309 e. The summed E-state index contributed by atoms with van der Waals surface area (Å²) >= 11 is 10.7. The monoisotopic (exact) mass is 263 g/mol. The van der Waals surface area contributed by atoms with Crippen molar-refractivity contribution >= 4 is 30.8 Å². The first-order chi connectivity index (χ1) is 6.37. The molecule has 0 heterocycles. The highest BCUT2D eigenvalue weighted by Gasteiger charge is 2.34. The fraction of sp³-hybridized carbons (Fsp3) is 0.600. The Morgan fingerprint density at radius 1 is 1.43 bits per heavy atom. The molecule has 0 aliphatic heterocycles. The molecule has 9 heteroatoms. The number of nitro groups is 1. The maximum atomic E-state index is 11.7. The standard InChI is InChI=1S/C5H8Cl2NO5P/c1-12-14(11,13-2)4(5(6)7)3-8(9)10/h3H2,1-2H3. The van der Waals surface area contributed by atoms with Gasteiger partial charge in [-0.1, -0.05) is 23.2 Å². The predicted molar refractivity (Wildman–Crippen MR) is 52.2 cm³/mol. The third-order valence-electron chi connectivity index (χ3n) is 1.31. The van der Waals surface area contributed by atoms with E-state index >= 15 is 0 Å². The van der Waals surface area contributed by atoms with Crippen LogP contribution in [-0.4, -0.2) is 25.7 Å². The Balaban J connectivity index is 5.13. The first-order valence-corrected chi connectivity index (χ1v) is 5.55. The van der Waals surface area contributed by atoms with E-state index in [0.29, 0.717) is 0 Å². The second-order valence-corrected chi connectivity index (χ2v) is 5.28. The second kappa shape index (κ2) is 5.68. The number of halogens is 2. The van der Waals surface area contributed by atoms with Crippen molar-refractivity contribution in [3.63, 3.8) is 0 Å². The van der Waals surface area contributed by atoms with E-state index in [0.717, 1.165) is 14.2 Å². The zero-order valence-corrected chi connectivity index (χ0v) is 9.80. The molecule has 0 fully saturated rings. The molecule has 0 aromatic heterocycles. The van der Waals surface area contributed by atoms with E-state index in [9.17, 15) is 14.7 Å². The molecule has 0 rings (SSSR count). The van der Waals surface area contributed by atoms with E-state index in [2.05, 4.69) is 9.05 Å². The molecule has 0 radical (unpaired) electrons. The summed E-state index contributed by atoms with van der Waals surface area (Å²) in [7, 11) is -1.56. The Labute approximate surface area is 90.5 Å². The Bertz CT molecular complexity index is 292. The zero-order chi connectivity index (χ0) is 11.4. The highest BCUT2D eigenvalue weighted by Crippen LogP contribution is 2.56. The summed E-state index contributed by atoms with van der Waals surface area (Å²) < 4.78 is 20.2. The van der Waals surface area contributed by atoms with Crippen molar-refractivity contribution in [2.45, 2.75) is 0 Å². The third-order valence-corrected chi connectivity index (χ3v) is 4.02. The first kappa shape index (κ1) is 13.9. The lowest BCUT2D eigenvalue weighted by Gasteiger charge is -2.14. The van der Waals surface area contributed by atoms with Gasteiger partial charge in [0.1, 0.15) is 9.81 Å². The number of hydrogen-bond acceptors (Lipinski definition) is 5. The molecular formula is C5H8Cl2NO5P. The molecule has 0 unspecified atom stereocenters. The predicted octanol–water partition coefficient (Wildman–Crippen LogP) is 2.40. The lowest BCUT2D eigenvalue weighted by molar-refractivity contribution is -0.469. The van der Waals surface area contributed by atoms with Crippen LogP contribution in [0.5, 0.6) is 0 Å². The van der Waals surface area contributed by atoms with Gasteiger partial charge in [0.05, 0.1) is 0 Å². The summed E-state index contributed by atoms with van der Waals surface area (Å²) in [6, 6.07) is 0. The summed E-state index contributed by atoms with van der Waals surface area (Å²) in [4.78, 5) is 9.48. The Morgan fingerprint density at radius 2 is 1.86 bits per heavy atom. The Hall–Kier alpha value is -0.130. The van der Waals surface area contributed by atoms with E-state index in [1.54, 1.807) is 0 Å². The summed E-state index contributed by atoms with van der Waals surface area (Å²) in [5, 5.41) is 9.85. The smallest absolute Gasteiger partial charge is 0.309 e. The molecule has 0 bridgehead atoms. The number of nitrogens with zero attached hydrogens (tertiary/aromatic N) is 1. The van der Waals surface area contributed by atoms with Crippen LogP contribution in [0.2, 0.25) is 0 Å². The normalized spacial score (nSPS) is 11.1. The fourth-order valence-corrected chi connectivity index (χ4v) is 2.49. The fourth-order valence-electron chi connectivity index (χ4n) is 0.667. The minimum absolute atomic E-state index is 0.365. The molecule has 0 N–H and O–H groups in total. The highest BCUT2D eigenvalue weighted by molar-refractivity contribution is 7.58. The van der Waals surface area contributed by atoms with Gasteiger partial charge in [-0.25, -0.2) is 0 Å². The van der Waals surface area contributed by atoms with Crippen molar-refractivity contribution < 1.29 is 18.5 Å². The van der Waals surface area contributed by atoms with E-state index in [1.807, 2.05) is 0 Å². The van der Waals surface area contributed by atoms with Crippen molar-refractivity contribution in [2.24, 2.45) is 0 Å². The number of hydrogen-bond donors (Lipinski definition) is 0. The van der Waals surface area contributed by atoms with E-state index < -0.39 is 23.6 Å². The molecule has 6 nitrogen and oxygen atoms in total. The van der Waals surface area contributed by atoms with Gasteiger partial charge in [-0.15, -0.1) is 0 Å². The molecule has 0 amide bonds. The van der Waals surface area contributed by atoms with Crippen molar-refractivity contribution in [3.8, 4) is 0 Å². The van der Waals surface area contributed by atoms with Crippen LogP contribution in [0, 0.1) is 10.1 Å².